The Morgan fingerprint density at radius 3 is 2.83 bits per heavy atom. The zero-order valence-electron chi connectivity index (χ0n) is 16.8. The number of ether oxygens (including phenoxy) is 1. The number of primary amides is 1. The molecule has 3 amide bonds. The summed E-state index contributed by atoms with van der Waals surface area (Å²) in [5.74, 6) is -0.832. The van der Waals surface area contributed by atoms with Gasteiger partial charge in [-0.2, -0.15) is 0 Å². The number of amides is 3. The predicted molar refractivity (Wildman–Crippen MR) is 110 cm³/mol. The maximum absolute atomic E-state index is 13.1. The number of pyridine rings is 1. The van der Waals surface area contributed by atoms with Gasteiger partial charge in [-0.05, 0) is 48.1 Å². The van der Waals surface area contributed by atoms with Gasteiger partial charge in [0.05, 0.1) is 30.1 Å². The molecule has 8 heteroatoms. The normalized spacial score (nSPS) is 20.2. The Balaban J connectivity index is 1.54. The predicted octanol–water partition coefficient (Wildman–Crippen LogP) is 2.05. The third kappa shape index (κ3) is 3.98. The molecule has 1 aromatic heterocycles. The number of carbonyl (C=O) groups is 3. The van der Waals surface area contributed by atoms with Gasteiger partial charge >= 0.3 is 11.8 Å². The lowest BCUT2D eigenvalue weighted by molar-refractivity contribution is -0.146. The number of nitrogens with zero attached hydrogens (tertiary/aromatic N) is 2. The number of rotatable bonds is 3. The molecule has 3 heterocycles. The number of likely N-dealkylation sites (tertiary alicyclic amines) is 1. The molecular weight excluding hydrogens is 384 g/mol. The topological polar surface area (TPSA) is 115 Å². The standard InChI is InChI=1S/C22H24N4O4/c1-13-2-4-18(14-3-5-19-15(8-14)6-7-30-19)26(12-13)22(29)21(28)25-17-9-16(20(23)27)10-24-11-17/h3,5,8-11,13,18H,2,4,6-7,12H2,1H3,(H2,23,27)(H,25,28)/t13-,18+/m0/s1. The monoisotopic (exact) mass is 408 g/mol. The molecule has 0 unspecified atom stereocenters. The van der Waals surface area contributed by atoms with Gasteiger partial charge in [-0.3, -0.25) is 19.4 Å². The van der Waals surface area contributed by atoms with Crippen LogP contribution < -0.4 is 15.8 Å². The van der Waals surface area contributed by atoms with Crippen molar-refractivity contribution in [2.75, 3.05) is 18.5 Å². The number of nitrogens with two attached hydrogens (primary N) is 1. The first kappa shape index (κ1) is 19.9. The summed E-state index contributed by atoms with van der Waals surface area (Å²) < 4.78 is 5.58. The van der Waals surface area contributed by atoms with Gasteiger partial charge in [0.2, 0.25) is 5.91 Å². The molecule has 8 nitrogen and oxygen atoms in total. The van der Waals surface area contributed by atoms with Crippen molar-refractivity contribution in [3.05, 3.63) is 53.3 Å². The molecule has 2 aliphatic rings. The number of benzene rings is 1. The fraction of sp³-hybridized carbons (Fsp3) is 0.364. The average molecular weight is 408 g/mol. The number of fused-ring (bicyclic) bond motifs is 1. The smallest absolute Gasteiger partial charge is 0.313 e. The van der Waals surface area contributed by atoms with Crippen molar-refractivity contribution >= 4 is 23.4 Å². The fourth-order valence-electron chi connectivity index (χ4n) is 4.10. The van der Waals surface area contributed by atoms with Gasteiger partial charge in [0.1, 0.15) is 5.75 Å². The van der Waals surface area contributed by atoms with Crippen LogP contribution in [0.15, 0.2) is 36.7 Å². The molecule has 3 N–H and O–H groups in total. The van der Waals surface area contributed by atoms with Crippen molar-refractivity contribution in [1.29, 1.82) is 0 Å². The van der Waals surface area contributed by atoms with Crippen LogP contribution in [0.25, 0.3) is 0 Å². The summed E-state index contributed by atoms with van der Waals surface area (Å²) in [4.78, 5) is 42.6. The quantitative estimate of drug-likeness (QED) is 0.755. The highest BCUT2D eigenvalue weighted by Gasteiger charge is 2.34. The summed E-state index contributed by atoms with van der Waals surface area (Å²) in [7, 11) is 0. The molecule has 156 valence electrons. The third-order valence-corrected chi connectivity index (χ3v) is 5.65. The number of aromatic nitrogens is 1. The summed E-state index contributed by atoms with van der Waals surface area (Å²) in [6.07, 6.45) is 5.30. The van der Waals surface area contributed by atoms with Crippen LogP contribution in [0, 0.1) is 5.92 Å². The van der Waals surface area contributed by atoms with Crippen LogP contribution in [-0.2, 0) is 16.0 Å². The first-order valence-electron chi connectivity index (χ1n) is 10.0. The summed E-state index contributed by atoms with van der Waals surface area (Å²) in [6.45, 7) is 3.25. The van der Waals surface area contributed by atoms with E-state index in [1.807, 2.05) is 12.1 Å². The molecule has 1 fully saturated rings. The van der Waals surface area contributed by atoms with Gasteiger partial charge in [-0.25, -0.2) is 0 Å². The number of hydrogen-bond donors (Lipinski definition) is 2. The van der Waals surface area contributed by atoms with E-state index in [1.54, 1.807) is 4.90 Å². The van der Waals surface area contributed by atoms with E-state index in [1.165, 1.54) is 18.5 Å². The Kier molecular flexibility index (Phi) is 5.39. The Labute approximate surface area is 174 Å². The molecule has 1 saturated heterocycles. The second-order valence-corrected chi connectivity index (χ2v) is 7.90. The maximum atomic E-state index is 13.1. The maximum Gasteiger partial charge on any atom is 0.313 e. The molecule has 30 heavy (non-hydrogen) atoms. The summed E-state index contributed by atoms with van der Waals surface area (Å²) in [5.41, 5.74) is 7.81. The van der Waals surface area contributed by atoms with Crippen LogP contribution in [0.2, 0.25) is 0 Å². The van der Waals surface area contributed by atoms with Crippen molar-refractivity contribution in [3.8, 4) is 5.75 Å². The van der Waals surface area contributed by atoms with Crippen LogP contribution >= 0.6 is 0 Å². The molecule has 2 aliphatic heterocycles. The van der Waals surface area contributed by atoms with E-state index in [2.05, 4.69) is 23.3 Å². The highest BCUT2D eigenvalue weighted by molar-refractivity contribution is 6.39. The third-order valence-electron chi connectivity index (χ3n) is 5.65. The Hall–Kier alpha value is -3.42. The Morgan fingerprint density at radius 1 is 1.20 bits per heavy atom. The van der Waals surface area contributed by atoms with Gasteiger partial charge in [0, 0.05) is 19.2 Å². The van der Waals surface area contributed by atoms with Crippen molar-refractivity contribution in [2.45, 2.75) is 32.2 Å². The van der Waals surface area contributed by atoms with E-state index < -0.39 is 17.7 Å². The first-order valence-corrected chi connectivity index (χ1v) is 10.0. The lowest BCUT2D eigenvalue weighted by Gasteiger charge is -2.38. The van der Waals surface area contributed by atoms with Crippen LogP contribution in [0.3, 0.4) is 0 Å². The number of hydrogen-bond acceptors (Lipinski definition) is 5. The molecule has 0 bridgehead atoms. The second kappa shape index (κ2) is 8.14. The van der Waals surface area contributed by atoms with Crippen molar-refractivity contribution < 1.29 is 19.1 Å². The average Bonchev–Trinajstić information content (AvgIpc) is 3.21. The lowest BCUT2D eigenvalue weighted by Crippen LogP contribution is -2.46. The number of nitrogens with one attached hydrogen (secondary N) is 1. The minimum absolute atomic E-state index is 0.157. The van der Waals surface area contributed by atoms with Gasteiger partial charge in [-0.1, -0.05) is 13.0 Å². The minimum atomic E-state index is -0.762. The zero-order valence-corrected chi connectivity index (χ0v) is 16.8. The number of anilines is 1. The molecule has 2 atom stereocenters. The summed E-state index contributed by atoms with van der Waals surface area (Å²) in [6, 6.07) is 7.24. The molecule has 0 spiro atoms. The molecule has 1 aromatic carbocycles. The molecule has 4 rings (SSSR count). The van der Waals surface area contributed by atoms with Crippen molar-refractivity contribution in [3.63, 3.8) is 0 Å². The summed E-state index contributed by atoms with van der Waals surface area (Å²) >= 11 is 0. The SMILES string of the molecule is C[C@H]1CC[C@H](c2ccc3c(c2)CCO3)N(C(=O)C(=O)Nc2cncc(C(N)=O)c2)C1. The Morgan fingerprint density at radius 2 is 2.03 bits per heavy atom. The highest BCUT2D eigenvalue weighted by atomic mass is 16.5. The largest absolute Gasteiger partial charge is 0.493 e. The zero-order chi connectivity index (χ0) is 21.3. The van der Waals surface area contributed by atoms with E-state index in [0.29, 0.717) is 19.1 Å². The highest BCUT2D eigenvalue weighted by Crippen LogP contribution is 2.36. The van der Waals surface area contributed by atoms with Crippen molar-refractivity contribution in [1.82, 2.24) is 9.88 Å². The van der Waals surface area contributed by atoms with E-state index >= 15 is 0 Å². The lowest BCUT2D eigenvalue weighted by atomic mass is 9.89. The van der Waals surface area contributed by atoms with Gasteiger partial charge < -0.3 is 20.7 Å². The van der Waals surface area contributed by atoms with Crippen molar-refractivity contribution in [2.24, 2.45) is 11.7 Å². The molecule has 0 aliphatic carbocycles. The summed E-state index contributed by atoms with van der Waals surface area (Å²) in [5, 5.41) is 2.54. The number of carbonyl (C=O) groups excluding carboxylic acids is 3. The van der Waals surface area contributed by atoms with Gasteiger partial charge in [0.25, 0.3) is 0 Å². The van der Waals surface area contributed by atoms with E-state index in [0.717, 1.165) is 36.1 Å². The fourth-order valence-corrected chi connectivity index (χ4v) is 4.10. The second-order valence-electron chi connectivity index (χ2n) is 7.90. The van der Waals surface area contributed by atoms with Gasteiger partial charge in [0.15, 0.2) is 0 Å². The van der Waals surface area contributed by atoms with E-state index in [4.69, 9.17) is 10.5 Å². The van der Waals surface area contributed by atoms with Gasteiger partial charge in [-0.15, -0.1) is 0 Å². The Bertz CT molecular complexity index is 1010. The van der Waals surface area contributed by atoms with Crippen LogP contribution in [0.1, 0.15) is 47.3 Å². The number of piperidine rings is 1. The van der Waals surface area contributed by atoms with E-state index in [-0.39, 0.29) is 17.3 Å². The molecule has 2 aromatic rings. The molecular formula is C22H24N4O4. The molecule has 0 radical (unpaired) electrons. The van der Waals surface area contributed by atoms with Crippen LogP contribution in [0.5, 0.6) is 5.75 Å². The first-order chi connectivity index (χ1) is 14.4. The molecule has 0 saturated carbocycles. The van der Waals surface area contributed by atoms with E-state index in [9.17, 15) is 14.4 Å². The minimum Gasteiger partial charge on any atom is -0.493 e. The van der Waals surface area contributed by atoms with Crippen LogP contribution in [-0.4, -0.2) is 40.8 Å². The van der Waals surface area contributed by atoms with Crippen LogP contribution in [0.4, 0.5) is 5.69 Å².